The normalized spacial score (nSPS) is 55.6. The zero-order chi connectivity index (χ0) is 16.9. The molecule has 2 spiro atoms. The molecule has 2 heterocycles. The first-order valence-corrected chi connectivity index (χ1v) is 10.7. The van der Waals surface area contributed by atoms with Gasteiger partial charge in [-0.25, -0.2) is 0 Å². The summed E-state index contributed by atoms with van der Waals surface area (Å²) < 4.78 is 18.5. The molecule has 0 N–H and O–H groups in total. The van der Waals surface area contributed by atoms with Gasteiger partial charge in [-0.15, -0.1) is 0 Å². The van der Waals surface area contributed by atoms with E-state index in [0.29, 0.717) is 11.5 Å². The lowest BCUT2D eigenvalue weighted by Gasteiger charge is -2.63. The van der Waals surface area contributed by atoms with Crippen molar-refractivity contribution in [1.82, 2.24) is 0 Å². The summed E-state index contributed by atoms with van der Waals surface area (Å²) in [5.74, 6) is 3.05. The summed E-state index contributed by atoms with van der Waals surface area (Å²) in [6, 6.07) is 0. The molecule has 3 heteroatoms. The van der Waals surface area contributed by atoms with E-state index in [9.17, 15) is 0 Å². The molecular formula is C22H32O3. The summed E-state index contributed by atoms with van der Waals surface area (Å²) in [5.41, 5.74) is 2.31. The fourth-order valence-corrected chi connectivity index (χ4v) is 8.26. The average molecular weight is 344 g/mol. The third-order valence-corrected chi connectivity index (χ3v) is 9.36. The van der Waals surface area contributed by atoms with Crippen LogP contribution in [0.2, 0.25) is 0 Å². The van der Waals surface area contributed by atoms with Gasteiger partial charge in [0.2, 0.25) is 0 Å². The second-order valence-corrected chi connectivity index (χ2v) is 10.0. The van der Waals surface area contributed by atoms with Crippen LogP contribution in [0.25, 0.3) is 0 Å². The van der Waals surface area contributed by atoms with Crippen LogP contribution >= 0.6 is 0 Å². The van der Waals surface area contributed by atoms with Crippen LogP contribution in [-0.2, 0) is 14.2 Å². The van der Waals surface area contributed by atoms with Gasteiger partial charge in [0, 0.05) is 12.3 Å². The molecule has 5 fully saturated rings. The fraction of sp³-hybridized carbons (Fsp3) is 0.909. The smallest absolute Gasteiger partial charge is 0.188 e. The Balaban J connectivity index is 1.32. The highest BCUT2D eigenvalue weighted by Crippen LogP contribution is 2.68. The van der Waals surface area contributed by atoms with Gasteiger partial charge >= 0.3 is 0 Å². The van der Waals surface area contributed by atoms with E-state index in [4.69, 9.17) is 14.2 Å². The quantitative estimate of drug-likeness (QED) is 0.607. The van der Waals surface area contributed by atoms with Crippen molar-refractivity contribution < 1.29 is 14.2 Å². The minimum absolute atomic E-state index is 0.283. The summed E-state index contributed by atoms with van der Waals surface area (Å²) in [6.07, 6.45) is 13.3. The van der Waals surface area contributed by atoms with Gasteiger partial charge in [0.25, 0.3) is 0 Å². The maximum Gasteiger partial charge on any atom is 0.188 e. The van der Waals surface area contributed by atoms with Gasteiger partial charge in [0.05, 0.1) is 24.9 Å². The van der Waals surface area contributed by atoms with Gasteiger partial charge in [0.15, 0.2) is 5.79 Å². The summed E-state index contributed by atoms with van der Waals surface area (Å²) in [7, 11) is 0. The molecule has 0 radical (unpaired) electrons. The Labute approximate surface area is 151 Å². The molecule has 3 nitrogen and oxygen atoms in total. The predicted octanol–water partition coefficient (Wildman–Crippen LogP) is 4.46. The topological polar surface area (TPSA) is 27.7 Å². The number of allylic oxidation sites excluding steroid dienone is 1. The largest absolute Gasteiger partial charge is 0.371 e. The molecule has 2 aliphatic heterocycles. The minimum atomic E-state index is -0.372. The van der Waals surface area contributed by atoms with E-state index in [0.717, 1.165) is 43.3 Å². The van der Waals surface area contributed by atoms with E-state index in [1.165, 1.54) is 44.9 Å². The molecule has 2 saturated heterocycles. The van der Waals surface area contributed by atoms with Crippen molar-refractivity contribution in [3.63, 3.8) is 0 Å². The molecule has 0 aromatic rings. The molecule has 3 saturated carbocycles. The van der Waals surface area contributed by atoms with Crippen LogP contribution < -0.4 is 0 Å². The standard InChI is InChI=1S/C22H32O3/c1-14-17-5-6-19-16-4-3-15-13-21(23-11-12-24-21)10-9-20(15,2)18(16)7-8-22(17,19)25-14/h13-14,16-19H,3-12H2,1-2H3. The van der Waals surface area contributed by atoms with Gasteiger partial charge in [-0.05, 0) is 81.1 Å². The Morgan fingerprint density at radius 2 is 1.72 bits per heavy atom. The molecule has 25 heavy (non-hydrogen) atoms. The second kappa shape index (κ2) is 4.91. The fourth-order valence-electron chi connectivity index (χ4n) is 8.26. The number of rotatable bonds is 0. The Morgan fingerprint density at radius 3 is 2.52 bits per heavy atom. The highest BCUT2D eigenvalue weighted by Gasteiger charge is 2.67. The van der Waals surface area contributed by atoms with Crippen molar-refractivity contribution in [2.75, 3.05) is 13.2 Å². The third kappa shape index (κ3) is 1.83. The molecule has 7 atom stereocenters. The molecule has 0 bridgehead atoms. The van der Waals surface area contributed by atoms with Crippen LogP contribution in [-0.4, -0.2) is 30.7 Å². The average Bonchev–Trinajstić information content (AvgIpc) is 3.17. The van der Waals surface area contributed by atoms with Crippen LogP contribution in [0.1, 0.15) is 65.2 Å². The maximum atomic E-state index is 6.49. The summed E-state index contributed by atoms with van der Waals surface area (Å²) in [5, 5.41) is 0. The van der Waals surface area contributed by atoms with Crippen LogP contribution in [0.4, 0.5) is 0 Å². The van der Waals surface area contributed by atoms with Gasteiger partial charge in [-0.2, -0.15) is 0 Å². The predicted molar refractivity (Wildman–Crippen MR) is 95.0 cm³/mol. The lowest BCUT2D eigenvalue weighted by Crippen LogP contribution is -2.64. The highest BCUT2D eigenvalue weighted by atomic mass is 16.7. The Bertz CT molecular complexity index is 621. The van der Waals surface area contributed by atoms with E-state index < -0.39 is 0 Å². The molecular weight excluding hydrogens is 312 g/mol. The minimum Gasteiger partial charge on any atom is -0.371 e. The van der Waals surface area contributed by atoms with Gasteiger partial charge in [-0.1, -0.05) is 12.5 Å². The van der Waals surface area contributed by atoms with E-state index in [1.807, 2.05) is 0 Å². The summed E-state index contributed by atoms with van der Waals surface area (Å²) in [4.78, 5) is 0. The summed E-state index contributed by atoms with van der Waals surface area (Å²) in [6.45, 7) is 6.38. The van der Waals surface area contributed by atoms with E-state index in [-0.39, 0.29) is 11.4 Å². The van der Waals surface area contributed by atoms with Crippen molar-refractivity contribution in [1.29, 1.82) is 0 Å². The van der Waals surface area contributed by atoms with Crippen LogP contribution in [0.15, 0.2) is 11.6 Å². The van der Waals surface area contributed by atoms with Crippen molar-refractivity contribution in [2.24, 2.45) is 29.1 Å². The molecule has 6 aliphatic rings. The Hall–Kier alpha value is -0.380. The molecule has 0 amide bonds. The monoisotopic (exact) mass is 344 g/mol. The van der Waals surface area contributed by atoms with Crippen molar-refractivity contribution in [3.05, 3.63) is 11.6 Å². The van der Waals surface area contributed by atoms with Gasteiger partial charge in [-0.3, -0.25) is 0 Å². The zero-order valence-corrected chi connectivity index (χ0v) is 15.8. The van der Waals surface area contributed by atoms with E-state index >= 15 is 0 Å². The highest BCUT2D eigenvalue weighted by molar-refractivity contribution is 5.28. The van der Waals surface area contributed by atoms with Crippen molar-refractivity contribution in [2.45, 2.75) is 82.7 Å². The molecule has 7 unspecified atom stereocenters. The Morgan fingerprint density at radius 1 is 0.920 bits per heavy atom. The number of fused-ring (bicyclic) bond motifs is 4. The molecule has 0 aromatic carbocycles. The van der Waals surface area contributed by atoms with Crippen LogP contribution in [0, 0.1) is 29.1 Å². The first-order chi connectivity index (χ1) is 12.1. The summed E-state index contributed by atoms with van der Waals surface area (Å²) >= 11 is 0. The number of hydrogen-bond acceptors (Lipinski definition) is 3. The van der Waals surface area contributed by atoms with Crippen LogP contribution in [0.3, 0.4) is 0 Å². The first kappa shape index (κ1) is 15.7. The lowest BCUT2D eigenvalue weighted by atomic mass is 9.48. The van der Waals surface area contributed by atoms with E-state index in [1.54, 1.807) is 5.57 Å². The molecule has 0 aromatic heterocycles. The molecule has 138 valence electrons. The Kier molecular flexibility index (Phi) is 3.07. The van der Waals surface area contributed by atoms with Crippen molar-refractivity contribution >= 4 is 0 Å². The lowest BCUT2D eigenvalue weighted by molar-refractivity contribution is -0.285. The number of hydrogen-bond donors (Lipinski definition) is 0. The van der Waals surface area contributed by atoms with Crippen molar-refractivity contribution in [3.8, 4) is 0 Å². The van der Waals surface area contributed by atoms with Crippen LogP contribution in [0.5, 0.6) is 0 Å². The zero-order valence-electron chi connectivity index (χ0n) is 15.8. The maximum absolute atomic E-state index is 6.49. The second-order valence-electron chi connectivity index (χ2n) is 10.0. The van der Waals surface area contributed by atoms with E-state index in [2.05, 4.69) is 19.9 Å². The third-order valence-electron chi connectivity index (χ3n) is 9.36. The SMILES string of the molecule is CC1OC23CCC4C(CCC5=CC6(CCC54C)OCCO6)C2CCC13. The van der Waals surface area contributed by atoms with Gasteiger partial charge in [0.1, 0.15) is 0 Å². The first-order valence-electron chi connectivity index (χ1n) is 10.7. The number of ether oxygens (including phenoxy) is 3. The van der Waals surface area contributed by atoms with Gasteiger partial charge < -0.3 is 14.2 Å². The molecule has 4 aliphatic carbocycles. The molecule has 6 rings (SSSR count).